The molecule has 0 unspecified atom stereocenters. The third-order valence-electron chi connectivity index (χ3n) is 3.02. The Kier molecular flexibility index (Phi) is 3.61. The number of aryl methyl sites for hydroxylation is 2. The number of amides is 1. The third kappa shape index (κ3) is 2.28. The molecule has 3 nitrogen and oxygen atoms in total. The molecule has 1 aliphatic rings. The van der Waals surface area contributed by atoms with Gasteiger partial charge in [-0.2, -0.15) is 0 Å². The molecule has 0 aliphatic heterocycles. The molecule has 0 saturated carbocycles. The molecule has 0 saturated heterocycles. The van der Waals surface area contributed by atoms with Crippen LogP contribution in [-0.2, 0) is 12.8 Å². The van der Waals surface area contributed by atoms with Gasteiger partial charge in [-0.25, -0.2) is 0 Å². The minimum atomic E-state index is -0.121. The Balaban J connectivity index is 2.03. The molecule has 0 aromatic carbocycles. The summed E-state index contributed by atoms with van der Waals surface area (Å²) in [4.78, 5) is 14.0. The summed E-state index contributed by atoms with van der Waals surface area (Å²) in [5, 5.41) is 11.9. The van der Waals surface area contributed by atoms with Crippen molar-refractivity contribution in [1.29, 1.82) is 0 Å². The van der Waals surface area contributed by atoms with Crippen LogP contribution in [0.15, 0.2) is 6.07 Å². The molecular formula is C12H17NO2S. The third-order valence-corrected chi connectivity index (χ3v) is 4.25. The van der Waals surface area contributed by atoms with Gasteiger partial charge in [-0.3, -0.25) is 4.79 Å². The van der Waals surface area contributed by atoms with Gasteiger partial charge in [-0.15, -0.1) is 11.3 Å². The van der Waals surface area contributed by atoms with Crippen molar-refractivity contribution in [2.24, 2.45) is 0 Å². The van der Waals surface area contributed by atoms with E-state index < -0.39 is 0 Å². The fraction of sp³-hybridized carbons (Fsp3) is 0.583. The molecule has 0 radical (unpaired) electrons. The Morgan fingerprint density at radius 1 is 1.62 bits per heavy atom. The average molecular weight is 239 g/mol. The Bertz CT molecular complexity index is 361. The lowest BCUT2D eigenvalue weighted by Crippen LogP contribution is -2.36. The minimum Gasteiger partial charge on any atom is -0.394 e. The van der Waals surface area contributed by atoms with E-state index in [1.807, 2.05) is 13.0 Å². The van der Waals surface area contributed by atoms with Gasteiger partial charge in [0.1, 0.15) is 0 Å². The predicted molar refractivity (Wildman–Crippen MR) is 65.0 cm³/mol. The maximum Gasteiger partial charge on any atom is 0.261 e. The first-order valence-corrected chi connectivity index (χ1v) is 6.59. The first-order valence-electron chi connectivity index (χ1n) is 5.78. The van der Waals surface area contributed by atoms with Crippen molar-refractivity contribution in [2.45, 2.75) is 38.6 Å². The van der Waals surface area contributed by atoms with Crippen molar-refractivity contribution in [1.82, 2.24) is 5.32 Å². The first kappa shape index (κ1) is 11.6. The van der Waals surface area contributed by atoms with E-state index in [1.54, 1.807) is 11.3 Å². The number of hydrogen-bond donors (Lipinski definition) is 2. The number of aliphatic hydroxyl groups is 1. The molecule has 1 aliphatic carbocycles. The summed E-state index contributed by atoms with van der Waals surface area (Å²) in [5.41, 5.74) is 1.34. The molecule has 1 aromatic rings. The molecule has 1 amide bonds. The number of rotatable bonds is 4. The van der Waals surface area contributed by atoms with Crippen LogP contribution in [0, 0.1) is 0 Å². The van der Waals surface area contributed by atoms with E-state index in [-0.39, 0.29) is 18.6 Å². The minimum absolute atomic E-state index is 0.00727. The van der Waals surface area contributed by atoms with Gasteiger partial charge in [-0.05, 0) is 37.3 Å². The summed E-state index contributed by atoms with van der Waals surface area (Å²) < 4.78 is 0. The lowest BCUT2D eigenvalue weighted by molar-refractivity contribution is 0.0919. The number of hydrogen-bond acceptors (Lipinski definition) is 3. The number of carbonyl (C=O) groups excluding carboxylic acids is 1. The zero-order valence-corrected chi connectivity index (χ0v) is 10.3. The van der Waals surface area contributed by atoms with Gasteiger partial charge in [0.05, 0.1) is 17.5 Å². The highest BCUT2D eigenvalue weighted by Gasteiger charge is 2.19. The van der Waals surface area contributed by atoms with Crippen molar-refractivity contribution in [3.63, 3.8) is 0 Å². The van der Waals surface area contributed by atoms with E-state index in [9.17, 15) is 4.79 Å². The average Bonchev–Trinajstić information content (AvgIpc) is 2.85. The fourth-order valence-electron chi connectivity index (χ4n) is 1.97. The molecule has 1 aromatic heterocycles. The Labute approximate surface area is 99.5 Å². The van der Waals surface area contributed by atoms with E-state index in [0.717, 1.165) is 24.1 Å². The lowest BCUT2D eigenvalue weighted by atomic mass is 10.2. The van der Waals surface area contributed by atoms with Crippen molar-refractivity contribution >= 4 is 17.2 Å². The zero-order valence-electron chi connectivity index (χ0n) is 9.45. The molecule has 0 spiro atoms. The zero-order chi connectivity index (χ0) is 11.5. The second-order valence-corrected chi connectivity index (χ2v) is 5.31. The molecule has 1 atom stereocenters. The number of carbonyl (C=O) groups is 1. The monoisotopic (exact) mass is 239 g/mol. The quantitative estimate of drug-likeness (QED) is 0.841. The van der Waals surface area contributed by atoms with Crippen LogP contribution in [-0.4, -0.2) is 23.7 Å². The van der Waals surface area contributed by atoms with Gasteiger partial charge in [0.15, 0.2) is 0 Å². The maximum absolute atomic E-state index is 11.9. The normalized spacial score (nSPS) is 15.9. The molecule has 4 heteroatoms. The smallest absolute Gasteiger partial charge is 0.261 e. The summed E-state index contributed by atoms with van der Waals surface area (Å²) >= 11 is 1.60. The van der Waals surface area contributed by atoms with Crippen LogP contribution in [0.25, 0.3) is 0 Å². The first-order chi connectivity index (χ1) is 7.74. The number of nitrogens with one attached hydrogen (secondary N) is 1. The van der Waals surface area contributed by atoms with Crippen molar-refractivity contribution in [2.75, 3.05) is 6.61 Å². The van der Waals surface area contributed by atoms with Crippen LogP contribution in [0.4, 0.5) is 0 Å². The molecule has 1 heterocycles. The van der Waals surface area contributed by atoms with Gasteiger partial charge in [0.25, 0.3) is 5.91 Å². The van der Waals surface area contributed by atoms with Gasteiger partial charge < -0.3 is 10.4 Å². The summed E-state index contributed by atoms with van der Waals surface area (Å²) in [5.74, 6) is -0.0414. The molecule has 16 heavy (non-hydrogen) atoms. The van der Waals surface area contributed by atoms with Crippen LogP contribution in [0.2, 0.25) is 0 Å². The van der Waals surface area contributed by atoms with Gasteiger partial charge in [-0.1, -0.05) is 6.92 Å². The Hall–Kier alpha value is -0.870. The fourth-order valence-corrected chi connectivity index (χ4v) is 3.13. The second kappa shape index (κ2) is 4.97. The van der Waals surface area contributed by atoms with Crippen LogP contribution in [0.1, 0.15) is 39.9 Å². The van der Waals surface area contributed by atoms with Crippen LogP contribution < -0.4 is 5.32 Å². The lowest BCUT2D eigenvalue weighted by Gasteiger charge is -2.12. The van der Waals surface area contributed by atoms with Gasteiger partial charge in [0.2, 0.25) is 0 Å². The van der Waals surface area contributed by atoms with E-state index in [0.29, 0.717) is 0 Å². The SMILES string of the molecule is CC[C@H](CO)NC(=O)c1cc2c(s1)CCC2. The van der Waals surface area contributed by atoms with Crippen molar-refractivity contribution < 1.29 is 9.90 Å². The molecular weight excluding hydrogens is 222 g/mol. The van der Waals surface area contributed by atoms with E-state index in [4.69, 9.17) is 5.11 Å². The van der Waals surface area contributed by atoms with Crippen LogP contribution in [0.3, 0.4) is 0 Å². The van der Waals surface area contributed by atoms with Crippen molar-refractivity contribution in [3.8, 4) is 0 Å². The molecule has 0 bridgehead atoms. The number of thiophene rings is 1. The second-order valence-electron chi connectivity index (χ2n) is 4.17. The van der Waals surface area contributed by atoms with Crippen LogP contribution in [0.5, 0.6) is 0 Å². The predicted octanol–water partition coefficient (Wildman–Crippen LogP) is 1.74. The van der Waals surface area contributed by atoms with Gasteiger partial charge in [0, 0.05) is 4.88 Å². The van der Waals surface area contributed by atoms with E-state index in [1.165, 1.54) is 16.9 Å². The highest BCUT2D eigenvalue weighted by Crippen LogP contribution is 2.30. The standard InChI is InChI=1S/C12H17NO2S/c1-2-9(7-14)13-12(15)11-6-8-4-3-5-10(8)16-11/h6,9,14H,2-5,7H2,1H3,(H,13,15)/t9-/m1/s1. The van der Waals surface area contributed by atoms with Gasteiger partial charge >= 0.3 is 0 Å². The molecule has 0 fully saturated rings. The van der Waals surface area contributed by atoms with E-state index in [2.05, 4.69) is 5.32 Å². The van der Waals surface area contributed by atoms with Crippen LogP contribution >= 0.6 is 11.3 Å². The molecule has 88 valence electrons. The topological polar surface area (TPSA) is 49.3 Å². The highest BCUT2D eigenvalue weighted by atomic mass is 32.1. The summed E-state index contributed by atoms with van der Waals surface area (Å²) in [6.07, 6.45) is 4.20. The Morgan fingerprint density at radius 3 is 3.06 bits per heavy atom. The number of fused-ring (bicyclic) bond motifs is 1. The molecule has 2 rings (SSSR count). The number of aliphatic hydroxyl groups excluding tert-OH is 1. The van der Waals surface area contributed by atoms with Crippen molar-refractivity contribution in [3.05, 3.63) is 21.4 Å². The largest absolute Gasteiger partial charge is 0.394 e. The maximum atomic E-state index is 11.9. The summed E-state index contributed by atoms with van der Waals surface area (Å²) in [6.45, 7) is 1.96. The summed E-state index contributed by atoms with van der Waals surface area (Å²) in [6, 6.07) is 1.89. The van der Waals surface area contributed by atoms with E-state index >= 15 is 0 Å². The summed E-state index contributed by atoms with van der Waals surface area (Å²) in [7, 11) is 0. The highest BCUT2D eigenvalue weighted by molar-refractivity contribution is 7.14. The molecule has 2 N–H and O–H groups in total. The Morgan fingerprint density at radius 2 is 2.44 bits per heavy atom.